The highest BCUT2D eigenvalue weighted by atomic mass is 19.4. The van der Waals surface area contributed by atoms with E-state index in [-0.39, 0.29) is 12.3 Å². The zero-order chi connectivity index (χ0) is 23.0. The van der Waals surface area contributed by atoms with Crippen molar-refractivity contribution in [2.24, 2.45) is 5.73 Å². The maximum absolute atomic E-state index is 13.3. The number of nitrogens with two attached hydrogens (primary N) is 1. The van der Waals surface area contributed by atoms with Crippen molar-refractivity contribution in [2.75, 3.05) is 6.54 Å². The Hall–Kier alpha value is -3.65. The van der Waals surface area contributed by atoms with Gasteiger partial charge in [-0.15, -0.1) is 0 Å². The van der Waals surface area contributed by atoms with Gasteiger partial charge in [0, 0.05) is 17.7 Å². The molecular weight excluding hydrogens is 421 g/mol. The predicted octanol–water partition coefficient (Wildman–Crippen LogP) is 5.10. The van der Waals surface area contributed by atoms with Crippen molar-refractivity contribution in [1.82, 2.24) is 4.90 Å². The van der Waals surface area contributed by atoms with Gasteiger partial charge in [-0.2, -0.15) is 13.2 Å². The highest BCUT2D eigenvalue weighted by molar-refractivity contribution is 6.13. The summed E-state index contributed by atoms with van der Waals surface area (Å²) in [5, 5.41) is 9.26. The molecule has 1 unspecified atom stereocenters. The number of benzene rings is 3. The normalized spacial score (nSPS) is 15.9. The lowest BCUT2D eigenvalue weighted by Gasteiger charge is -2.32. The van der Waals surface area contributed by atoms with Gasteiger partial charge in [-0.25, -0.2) is 4.79 Å². The van der Waals surface area contributed by atoms with E-state index in [0.717, 1.165) is 22.6 Å². The molecule has 1 aliphatic rings. The summed E-state index contributed by atoms with van der Waals surface area (Å²) in [6.45, 7) is 0.225. The van der Waals surface area contributed by atoms with Gasteiger partial charge in [-0.3, -0.25) is 9.69 Å². The second-order valence-electron chi connectivity index (χ2n) is 7.53. The van der Waals surface area contributed by atoms with Gasteiger partial charge in [0.05, 0.1) is 5.56 Å². The van der Waals surface area contributed by atoms with Crippen LogP contribution in [0.2, 0.25) is 0 Å². The number of carbonyl (C=O) groups is 2. The first-order chi connectivity index (χ1) is 15.2. The molecule has 1 amide bonds. The molecule has 0 saturated carbocycles. The van der Waals surface area contributed by atoms with Gasteiger partial charge in [-0.05, 0) is 46.9 Å². The molecule has 0 aliphatic carbocycles. The molecule has 0 aromatic heterocycles. The quantitative estimate of drug-likeness (QED) is 0.556. The van der Waals surface area contributed by atoms with E-state index in [0.29, 0.717) is 34.2 Å². The Labute approximate surface area is 181 Å². The Kier molecular flexibility index (Phi) is 5.48. The minimum absolute atomic E-state index is 0.225. The number of amides is 1. The molecular formula is C24H19F3N2O3. The second-order valence-corrected chi connectivity index (χ2v) is 7.53. The molecule has 0 fully saturated rings. The summed E-state index contributed by atoms with van der Waals surface area (Å²) >= 11 is 0. The number of hydrogen-bond acceptors (Lipinski definition) is 3. The molecule has 0 spiro atoms. The molecule has 32 heavy (non-hydrogen) atoms. The van der Waals surface area contributed by atoms with E-state index >= 15 is 0 Å². The molecule has 8 heteroatoms. The van der Waals surface area contributed by atoms with Crippen LogP contribution in [0.1, 0.15) is 38.8 Å². The largest absolute Gasteiger partial charge is 0.465 e. The molecule has 3 N–H and O–H groups in total. The smallest absolute Gasteiger partial charge is 0.416 e. The van der Waals surface area contributed by atoms with Crippen molar-refractivity contribution in [2.45, 2.75) is 18.8 Å². The minimum Gasteiger partial charge on any atom is -0.465 e. The fourth-order valence-electron chi connectivity index (χ4n) is 3.94. The molecule has 4 rings (SSSR count). The monoisotopic (exact) mass is 440 g/mol. The maximum Gasteiger partial charge on any atom is 0.416 e. The van der Waals surface area contributed by atoms with Gasteiger partial charge in [-0.1, -0.05) is 48.5 Å². The number of ketones is 1. The number of fused-ring (bicyclic) bond motifs is 1. The van der Waals surface area contributed by atoms with Crippen LogP contribution in [0.4, 0.5) is 18.0 Å². The number of hydrogen-bond donors (Lipinski definition) is 2. The molecule has 164 valence electrons. The fraction of sp³-hybridized carbons (Fsp3) is 0.167. The summed E-state index contributed by atoms with van der Waals surface area (Å²) in [6, 6.07) is 16.4. The Balaban J connectivity index is 1.68. The highest BCUT2D eigenvalue weighted by Gasteiger charge is 2.30. The van der Waals surface area contributed by atoms with Crippen molar-refractivity contribution in [1.29, 1.82) is 0 Å². The third kappa shape index (κ3) is 3.97. The van der Waals surface area contributed by atoms with Gasteiger partial charge in [0.2, 0.25) is 0 Å². The molecule has 3 aromatic carbocycles. The molecule has 1 aliphatic heterocycles. The summed E-state index contributed by atoms with van der Waals surface area (Å²) in [6.07, 6.45) is -5.92. The number of rotatable bonds is 3. The van der Waals surface area contributed by atoms with Gasteiger partial charge in [0.25, 0.3) is 0 Å². The minimum atomic E-state index is -4.44. The topological polar surface area (TPSA) is 83.6 Å². The third-order valence-corrected chi connectivity index (χ3v) is 5.62. The maximum atomic E-state index is 13.3. The number of halogens is 3. The van der Waals surface area contributed by atoms with E-state index in [1.165, 1.54) is 12.1 Å². The van der Waals surface area contributed by atoms with E-state index < -0.39 is 24.0 Å². The molecule has 1 atom stereocenters. The van der Waals surface area contributed by atoms with Crippen LogP contribution in [0, 0.1) is 0 Å². The van der Waals surface area contributed by atoms with Crippen LogP contribution in [-0.4, -0.2) is 28.4 Å². The highest BCUT2D eigenvalue weighted by Crippen LogP contribution is 2.33. The van der Waals surface area contributed by atoms with E-state index in [2.05, 4.69) is 0 Å². The average molecular weight is 440 g/mol. The zero-order valence-corrected chi connectivity index (χ0v) is 16.8. The lowest BCUT2D eigenvalue weighted by Crippen LogP contribution is -2.43. The lowest BCUT2D eigenvalue weighted by molar-refractivity contribution is -0.137. The van der Waals surface area contributed by atoms with Crippen LogP contribution in [0.5, 0.6) is 0 Å². The van der Waals surface area contributed by atoms with Gasteiger partial charge >= 0.3 is 12.3 Å². The van der Waals surface area contributed by atoms with Gasteiger partial charge < -0.3 is 10.8 Å². The summed E-state index contributed by atoms with van der Waals surface area (Å²) in [7, 11) is 0. The average Bonchev–Trinajstić information content (AvgIpc) is 2.78. The van der Waals surface area contributed by atoms with Crippen molar-refractivity contribution in [3.63, 3.8) is 0 Å². The van der Waals surface area contributed by atoms with Crippen LogP contribution in [-0.2, 0) is 12.6 Å². The number of alkyl halides is 3. The zero-order valence-electron chi connectivity index (χ0n) is 16.8. The third-order valence-electron chi connectivity index (χ3n) is 5.62. The first kappa shape index (κ1) is 21.6. The first-order valence-electron chi connectivity index (χ1n) is 9.86. The van der Waals surface area contributed by atoms with E-state index in [1.54, 1.807) is 42.5 Å². The van der Waals surface area contributed by atoms with Crippen molar-refractivity contribution >= 4 is 11.9 Å². The van der Waals surface area contributed by atoms with Crippen LogP contribution < -0.4 is 5.73 Å². The van der Waals surface area contributed by atoms with Gasteiger partial charge in [0.15, 0.2) is 5.78 Å². The number of carboxylic acid groups (broad SMARTS) is 1. The molecule has 0 saturated heterocycles. The predicted molar refractivity (Wildman–Crippen MR) is 112 cm³/mol. The van der Waals surface area contributed by atoms with E-state index in [9.17, 15) is 27.9 Å². The Morgan fingerprint density at radius 1 is 1.00 bits per heavy atom. The number of nitrogens with zero attached hydrogens (tertiary/aromatic N) is 1. The standard InChI is InChI=1S/C24H19F3N2O3/c25-24(26,27)17-8-5-14(6-9-17)18-3-1-2-4-20(18)21(30)16-7-10-19-15(13-16)11-12-29(22(19)28)23(31)32/h1-10,13,22H,11-12,28H2,(H,31,32). The fourth-order valence-corrected chi connectivity index (χ4v) is 3.94. The van der Waals surface area contributed by atoms with Crippen LogP contribution >= 0.6 is 0 Å². The Bertz CT molecular complexity index is 1190. The molecule has 0 radical (unpaired) electrons. The van der Waals surface area contributed by atoms with Crippen LogP contribution in [0.3, 0.4) is 0 Å². The van der Waals surface area contributed by atoms with Crippen molar-refractivity contribution < 1.29 is 27.9 Å². The summed E-state index contributed by atoms with van der Waals surface area (Å²) in [5.74, 6) is -0.280. The van der Waals surface area contributed by atoms with E-state index in [1.807, 2.05) is 0 Å². The van der Waals surface area contributed by atoms with Crippen LogP contribution in [0.15, 0.2) is 66.7 Å². The summed E-state index contributed by atoms with van der Waals surface area (Å²) < 4.78 is 38.7. The Morgan fingerprint density at radius 3 is 2.34 bits per heavy atom. The second kappa shape index (κ2) is 8.12. The molecule has 5 nitrogen and oxygen atoms in total. The first-order valence-corrected chi connectivity index (χ1v) is 9.86. The van der Waals surface area contributed by atoms with Crippen molar-refractivity contribution in [3.05, 3.63) is 94.5 Å². The molecule has 0 bridgehead atoms. The SMILES string of the molecule is NC1c2ccc(C(=O)c3ccccc3-c3ccc(C(F)(F)F)cc3)cc2CCN1C(=O)O. The van der Waals surface area contributed by atoms with E-state index in [4.69, 9.17) is 5.73 Å². The number of carbonyl (C=O) groups excluding carboxylic acids is 1. The molecule has 1 heterocycles. The lowest BCUT2D eigenvalue weighted by atomic mass is 9.90. The van der Waals surface area contributed by atoms with Crippen LogP contribution in [0.25, 0.3) is 11.1 Å². The summed E-state index contributed by atoms with van der Waals surface area (Å²) in [5.41, 5.74) is 8.52. The van der Waals surface area contributed by atoms with Crippen molar-refractivity contribution in [3.8, 4) is 11.1 Å². The van der Waals surface area contributed by atoms with Gasteiger partial charge in [0.1, 0.15) is 6.17 Å². The Morgan fingerprint density at radius 2 is 1.69 bits per heavy atom. The summed E-state index contributed by atoms with van der Waals surface area (Å²) in [4.78, 5) is 25.7. The molecule has 3 aromatic rings.